The minimum Gasteiger partial charge on any atom is -0.246 e. The van der Waals surface area contributed by atoms with Crippen LogP contribution in [0.5, 0.6) is 0 Å². The first kappa shape index (κ1) is 10.9. The van der Waals surface area contributed by atoms with Gasteiger partial charge in [-0.2, -0.15) is 5.26 Å². The molecule has 0 spiro atoms. The van der Waals surface area contributed by atoms with Gasteiger partial charge in [0.2, 0.25) is 0 Å². The van der Waals surface area contributed by atoms with E-state index in [-0.39, 0.29) is 0 Å². The maximum Gasteiger partial charge on any atom is 0.141 e. The Bertz CT molecular complexity index is 553. The lowest BCUT2D eigenvalue weighted by Gasteiger charge is -2.03. The van der Waals surface area contributed by atoms with Gasteiger partial charge >= 0.3 is 0 Å². The first-order valence-electron chi connectivity index (χ1n) is 4.51. The number of nitrogens with zero attached hydrogens (tertiary/aromatic N) is 2. The number of nitriles is 1. The maximum absolute atomic E-state index is 8.75. The average Bonchev–Trinajstić information content (AvgIpc) is 2.28. The first-order valence-corrected chi connectivity index (χ1v) is 5.27. The predicted molar refractivity (Wildman–Crippen MR) is 64.4 cm³/mol. The van der Waals surface area contributed by atoms with Crippen molar-refractivity contribution in [1.29, 1.82) is 5.26 Å². The highest BCUT2D eigenvalue weighted by atomic mass is 35.5. The second-order valence-corrected chi connectivity index (χ2v) is 4.07. The summed E-state index contributed by atoms with van der Waals surface area (Å²) in [6.45, 7) is 0. The molecule has 0 saturated carbocycles. The van der Waals surface area contributed by atoms with Crippen molar-refractivity contribution in [1.82, 2.24) is 4.98 Å². The summed E-state index contributed by atoms with van der Waals surface area (Å²) in [5, 5.41) is 9.89. The fraction of sp³-hybridized carbons (Fsp3) is 0. The molecule has 0 bridgehead atoms. The SMILES string of the molecule is N#Cc1cc(-c2cc(Cl)cc(Cl)c2)ccn1. The molecular formula is C12H6Cl2N2. The van der Waals surface area contributed by atoms with E-state index in [1.807, 2.05) is 12.1 Å². The van der Waals surface area contributed by atoms with E-state index in [1.165, 1.54) is 0 Å². The molecule has 2 nitrogen and oxygen atoms in total. The zero-order valence-corrected chi connectivity index (χ0v) is 9.63. The summed E-state index contributed by atoms with van der Waals surface area (Å²) in [6.07, 6.45) is 1.59. The second-order valence-electron chi connectivity index (χ2n) is 3.20. The van der Waals surface area contributed by atoms with E-state index in [9.17, 15) is 0 Å². The van der Waals surface area contributed by atoms with Crippen LogP contribution >= 0.6 is 23.2 Å². The molecule has 0 aliphatic heterocycles. The van der Waals surface area contributed by atoms with Crippen molar-refractivity contribution in [2.24, 2.45) is 0 Å². The summed E-state index contributed by atoms with van der Waals surface area (Å²) in [6, 6.07) is 10.8. The smallest absolute Gasteiger partial charge is 0.141 e. The summed E-state index contributed by atoms with van der Waals surface area (Å²) < 4.78 is 0. The number of hydrogen-bond donors (Lipinski definition) is 0. The van der Waals surface area contributed by atoms with Crippen LogP contribution in [0.3, 0.4) is 0 Å². The molecule has 0 atom stereocenters. The molecule has 1 aromatic heterocycles. The molecule has 0 unspecified atom stereocenters. The topological polar surface area (TPSA) is 36.7 Å². The highest BCUT2D eigenvalue weighted by Crippen LogP contribution is 2.27. The number of rotatable bonds is 1. The van der Waals surface area contributed by atoms with Gasteiger partial charge in [-0.1, -0.05) is 23.2 Å². The number of benzene rings is 1. The fourth-order valence-corrected chi connectivity index (χ4v) is 1.92. The Morgan fingerprint density at radius 3 is 2.31 bits per heavy atom. The molecule has 0 saturated heterocycles. The Morgan fingerprint density at radius 2 is 1.69 bits per heavy atom. The standard InChI is InChI=1S/C12H6Cl2N2/c13-10-3-9(4-11(14)6-10)8-1-2-16-12(5-8)7-15/h1-6H. The molecule has 0 amide bonds. The van der Waals surface area contributed by atoms with Gasteiger partial charge in [-0.3, -0.25) is 0 Å². The van der Waals surface area contributed by atoms with Crippen LogP contribution in [0.4, 0.5) is 0 Å². The zero-order valence-electron chi connectivity index (χ0n) is 8.11. The normalized spacial score (nSPS) is 9.81. The number of halogens is 2. The first-order chi connectivity index (χ1) is 7.69. The molecular weight excluding hydrogens is 243 g/mol. The molecule has 4 heteroatoms. The van der Waals surface area contributed by atoms with E-state index in [2.05, 4.69) is 4.98 Å². The van der Waals surface area contributed by atoms with E-state index in [1.54, 1.807) is 30.5 Å². The lowest BCUT2D eigenvalue weighted by molar-refractivity contribution is 1.26. The highest BCUT2D eigenvalue weighted by molar-refractivity contribution is 6.35. The van der Waals surface area contributed by atoms with Crippen molar-refractivity contribution in [2.45, 2.75) is 0 Å². The van der Waals surface area contributed by atoms with Crippen molar-refractivity contribution in [3.63, 3.8) is 0 Å². The van der Waals surface area contributed by atoms with Gasteiger partial charge < -0.3 is 0 Å². The van der Waals surface area contributed by atoms with E-state index >= 15 is 0 Å². The second kappa shape index (κ2) is 4.52. The Balaban J connectivity index is 2.54. The molecule has 78 valence electrons. The third-order valence-electron chi connectivity index (χ3n) is 2.07. The van der Waals surface area contributed by atoms with Crippen molar-refractivity contribution in [2.75, 3.05) is 0 Å². The number of pyridine rings is 1. The Kier molecular flexibility index (Phi) is 3.09. The van der Waals surface area contributed by atoms with Crippen LogP contribution in [0.15, 0.2) is 36.5 Å². The van der Waals surface area contributed by atoms with Gasteiger partial charge in [0, 0.05) is 16.2 Å². The third-order valence-corrected chi connectivity index (χ3v) is 2.51. The number of hydrogen-bond acceptors (Lipinski definition) is 2. The summed E-state index contributed by atoms with van der Waals surface area (Å²) in [5.41, 5.74) is 2.11. The summed E-state index contributed by atoms with van der Waals surface area (Å²) >= 11 is 11.8. The van der Waals surface area contributed by atoms with Crippen LogP contribution in [0.1, 0.15) is 5.69 Å². The Morgan fingerprint density at radius 1 is 1.00 bits per heavy atom. The molecule has 2 rings (SSSR count). The fourth-order valence-electron chi connectivity index (χ4n) is 1.39. The average molecular weight is 249 g/mol. The van der Waals surface area contributed by atoms with Crippen molar-refractivity contribution in [3.8, 4) is 17.2 Å². The van der Waals surface area contributed by atoms with E-state index < -0.39 is 0 Å². The van der Waals surface area contributed by atoms with E-state index in [0.717, 1.165) is 11.1 Å². The number of aromatic nitrogens is 1. The Labute approximate surface area is 103 Å². The molecule has 0 aliphatic rings. The van der Waals surface area contributed by atoms with Gasteiger partial charge in [0.05, 0.1) is 0 Å². The quantitative estimate of drug-likeness (QED) is 0.767. The van der Waals surface area contributed by atoms with Crippen LogP contribution in [-0.2, 0) is 0 Å². The molecule has 1 aromatic carbocycles. The largest absolute Gasteiger partial charge is 0.246 e. The molecule has 0 aliphatic carbocycles. The third kappa shape index (κ3) is 2.33. The lowest BCUT2D eigenvalue weighted by Crippen LogP contribution is -1.84. The van der Waals surface area contributed by atoms with Crippen LogP contribution in [0, 0.1) is 11.3 Å². The van der Waals surface area contributed by atoms with Crippen LogP contribution in [0.2, 0.25) is 10.0 Å². The molecule has 0 radical (unpaired) electrons. The minimum atomic E-state index is 0.369. The molecule has 0 fully saturated rings. The predicted octanol–water partition coefficient (Wildman–Crippen LogP) is 3.93. The van der Waals surface area contributed by atoms with Crippen molar-refractivity contribution >= 4 is 23.2 Å². The molecule has 0 N–H and O–H groups in total. The maximum atomic E-state index is 8.75. The van der Waals surface area contributed by atoms with Gasteiger partial charge in [0.15, 0.2) is 0 Å². The summed E-state index contributed by atoms with van der Waals surface area (Å²) in [5.74, 6) is 0. The van der Waals surface area contributed by atoms with Gasteiger partial charge in [0.25, 0.3) is 0 Å². The van der Waals surface area contributed by atoms with Crippen molar-refractivity contribution < 1.29 is 0 Å². The van der Waals surface area contributed by atoms with Gasteiger partial charge in [-0.25, -0.2) is 4.98 Å². The highest BCUT2D eigenvalue weighted by Gasteiger charge is 2.02. The van der Waals surface area contributed by atoms with Gasteiger partial charge in [0.1, 0.15) is 11.8 Å². The van der Waals surface area contributed by atoms with E-state index in [4.69, 9.17) is 28.5 Å². The minimum absolute atomic E-state index is 0.369. The summed E-state index contributed by atoms with van der Waals surface area (Å²) in [7, 11) is 0. The molecule has 2 aromatic rings. The molecule has 16 heavy (non-hydrogen) atoms. The zero-order chi connectivity index (χ0) is 11.5. The summed E-state index contributed by atoms with van der Waals surface area (Å²) in [4.78, 5) is 3.90. The lowest BCUT2D eigenvalue weighted by atomic mass is 10.1. The van der Waals surface area contributed by atoms with Crippen LogP contribution in [-0.4, -0.2) is 4.98 Å². The monoisotopic (exact) mass is 248 g/mol. The van der Waals surface area contributed by atoms with E-state index in [0.29, 0.717) is 15.7 Å². The van der Waals surface area contributed by atoms with Crippen LogP contribution in [0.25, 0.3) is 11.1 Å². The van der Waals surface area contributed by atoms with Gasteiger partial charge in [-0.05, 0) is 41.5 Å². The Hall–Kier alpha value is -1.56. The molecule has 1 heterocycles. The van der Waals surface area contributed by atoms with Crippen molar-refractivity contribution in [3.05, 3.63) is 52.3 Å². The van der Waals surface area contributed by atoms with Crippen LogP contribution < -0.4 is 0 Å². The van der Waals surface area contributed by atoms with Gasteiger partial charge in [-0.15, -0.1) is 0 Å².